The van der Waals surface area contributed by atoms with E-state index in [1.54, 1.807) is 6.92 Å². The average Bonchev–Trinajstić information content (AvgIpc) is 2.84. The molecule has 1 unspecified atom stereocenters. The third-order valence-electron chi connectivity index (χ3n) is 5.24. The molecule has 0 bridgehead atoms. The van der Waals surface area contributed by atoms with Gasteiger partial charge in [0.2, 0.25) is 0 Å². The van der Waals surface area contributed by atoms with Gasteiger partial charge in [-0.2, -0.15) is 0 Å². The van der Waals surface area contributed by atoms with Gasteiger partial charge < -0.3 is 15.0 Å². The molecule has 0 amide bonds. The molecule has 0 fully saturated rings. The summed E-state index contributed by atoms with van der Waals surface area (Å²) in [5, 5.41) is 3.94. The summed E-state index contributed by atoms with van der Waals surface area (Å²) in [6.45, 7) is 6.91. The van der Waals surface area contributed by atoms with E-state index in [1.807, 2.05) is 31.3 Å². The van der Waals surface area contributed by atoms with Gasteiger partial charge in [-0.05, 0) is 64.3 Å². The van der Waals surface area contributed by atoms with Crippen molar-refractivity contribution in [2.45, 2.75) is 39.3 Å². The zero-order valence-corrected chi connectivity index (χ0v) is 21.3. The van der Waals surface area contributed by atoms with Crippen LogP contribution in [0.2, 0.25) is 5.02 Å². The molecule has 1 heterocycles. The minimum atomic E-state index is -0.0604. The van der Waals surface area contributed by atoms with Crippen LogP contribution in [0.15, 0.2) is 61.1 Å². The molecule has 1 atom stereocenters. The standard InChI is InChI=1S/C21H29ClN2O.C6H6N2O/c1-4-15-24(3)16-17-9-11-18(12-10-17)25-21(13-14-23-2)19-7-5-6-8-20(19)22;1-5-6(3-9)2-7-4-8-5/h5-12,21,23H,4,13-16H2,1-3H3;2-4H,1H3. The predicted octanol–water partition coefficient (Wildman–Crippen LogP) is 5.51. The molecule has 0 saturated carbocycles. The number of carbonyl (C=O) groups is 1. The summed E-state index contributed by atoms with van der Waals surface area (Å²) in [5.41, 5.74) is 3.61. The number of nitrogens with zero attached hydrogens (tertiary/aromatic N) is 3. The molecular weight excluding hydrogens is 448 g/mol. The number of aryl methyl sites for hydroxylation is 1. The molecule has 182 valence electrons. The topological polar surface area (TPSA) is 67.3 Å². The van der Waals surface area contributed by atoms with Crippen molar-refractivity contribution in [3.05, 3.63) is 88.5 Å². The van der Waals surface area contributed by atoms with Gasteiger partial charge in [0.05, 0.1) is 11.3 Å². The van der Waals surface area contributed by atoms with Gasteiger partial charge in [0, 0.05) is 29.7 Å². The van der Waals surface area contributed by atoms with Gasteiger partial charge in [-0.1, -0.05) is 48.9 Å². The smallest absolute Gasteiger partial charge is 0.153 e. The van der Waals surface area contributed by atoms with Crippen LogP contribution >= 0.6 is 11.6 Å². The monoisotopic (exact) mass is 482 g/mol. The van der Waals surface area contributed by atoms with Crippen molar-refractivity contribution in [3.63, 3.8) is 0 Å². The van der Waals surface area contributed by atoms with Crippen LogP contribution in [0, 0.1) is 6.92 Å². The van der Waals surface area contributed by atoms with Crippen molar-refractivity contribution in [1.82, 2.24) is 20.2 Å². The molecule has 2 aromatic carbocycles. The highest BCUT2D eigenvalue weighted by Crippen LogP contribution is 2.30. The fraction of sp³-hybridized carbons (Fsp3) is 0.370. The van der Waals surface area contributed by atoms with E-state index in [0.29, 0.717) is 5.56 Å². The van der Waals surface area contributed by atoms with E-state index < -0.39 is 0 Å². The zero-order valence-electron chi connectivity index (χ0n) is 20.5. The van der Waals surface area contributed by atoms with Gasteiger partial charge in [0.25, 0.3) is 0 Å². The molecule has 0 saturated heterocycles. The maximum atomic E-state index is 10.1. The number of rotatable bonds is 11. The summed E-state index contributed by atoms with van der Waals surface area (Å²) < 4.78 is 6.25. The van der Waals surface area contributed by atoms with E-state index in [0.717, 1.165) is 54.4 Å². The lowest BCUT2D eigenvalue weighted by Gasteiger charge is -2.21. The SMILES string of the molecule is CCCN(C)Cc1ccc(OC(CCNC)c2ccccc2Cl)cc1.Cc1ncncc1C=O. The van der Waals surface area contributed by atoms with Crippen molar-refractivity contribution in [1.29, 1.82) is 0 Å². The molecular formula is C27H35ClN4O2. The van der Waals surface area contributed by atoms with E-state index in [1.165, 1.54) is 24.5 Å². The van der Waals surface area contributed by atoms with Crippen molar-refractivity contribution >= 4 is 17.9 Å². The molecule has 1 aromatic heterocycles. The summed E-state index contributed by atoms with van der Waals surface area (Å²) in [5.74, 6) is 0.878. The fourth-order valence-corrected chi connectivity index (χ4v) is 3.67. The Morgan fingerprint density at radius 3 is 2.50 bits per heavy atom. The highest BCUT2D eigenvalue weighted by Gasteiger charge is 2.16. The maximum absolute atomic E-state index is 10.1. The Hall–Kier alpha value is -2.80. The molecule has 0 aliphatic rings. The second-order valence-electron chi connectivity index (χ2n) is 8.08. The van der Waals surface area contributed by atoms with Crippen LogP contribution in [-0.2, 0) is 6.54 Å². The highest BCUT2D eigenvalue weighted by atomic mass is 35.5. The van der Waals surface area contributed by atoms with Crippen molar-refractivity contribution in [2.24, 2.45) is 0 Å². The predicted molar refractivity (Wildman–Crippen MR) is 139 cm³/mol. The molecule has 0 spiro atoms. The molecule has 6 nitrogen and oxygen atoms in total. The molecule has 34 heavy (non-hydrogen) atoms. The number of halogens is 1. The first kappa shape index (κ1) is 27.4. The number of carbonyl (C=O) groups excluding carboxylic acids is 1. The molecule has 0 aliphatic heterocycles. The van der Waals surface area contributed by atoms with Crippen molar-refractivity contribution in [3.8, 4) is 5.75 Å². The summed E-state index contributed by atoms with van der Waals surface area (Å²) in [7, 11) is 4.10. The highest BCUT2D eigenvalue weighted by molar-refractivity contribution is 6.31. The minimum absolute atomic E-state index is 0.0604. The van der Waals surface area contributed by atoms with Gasteiger partial charge in [0.1, 0.15) is 18.2 Å². The quantitative estimate of drug-likeness (QED) is 0.363. The number of ether oxygens (including phenoxy) is 1. The van der Waals surface area contributed by atoms with Gasteiger partial charge >= 0.3 is 0 Å². The van der Waals surface area contributed by atoms with E-state index >= 15 is 0 Å². The maximum Gasteiger partial charge on any atom is 0.153 e. The first-order valence-electron chi connectivity index (χ1n) is 11.5. The number of aldehydes is 1. The van der Waals surface area contributed by atoms with Gasteiger partial charge in [-0.25, -0.2) is 9.97 Å². The number of hydrogen-bond donors (Lipinski definition) is 1. The molecule has 3 aromatic rings. The summed E-state index contributed by atoms with van der Waals surface area (Å²) in [6.07, 6.45) is 5.63. The molecule has 0 radical (unpaired) electrons. The molecule has 1 N–H and O–H groups in total. The van der Waals surface area contributed by atoms with Gasteiger partial charge in [0.15, 0.2) is 6.29 Å². The number of benzene rings is 2. The van der Waals surface area contributed by atoms with Crippen molar-refractivity contribution in [2.75, 3.05) is 27.2 Å². The van der Waals surface area contributed by atoms with Crippen LogP contribution in [0.25, 0.3) is 0 Å². The first-order valence-corrected chi connectivity index (χ1v) is 11.9. The Bertz CT molecular complexity index is 998. The third-order valence-corrected chi connectivity index (χ3v) is 5.59. The van der Waals surface area contributed by atoms with E-state index in [-0.39, 0.29) is 6.10 Å². The lowest BCUT2D eigenvalue weighted by atomic mass is 10.1. The number of aromatic nitrogens is 2. The van der Waals surface area contributed by atoms with Crippen LogP contribution in [0.5, 0.6) is 5.75 Å². The van der Waals surface area contributed by atoms with Crippen LogP contribution in [0.1, 0.15) is 53.0 Å². The van der Waals surface area contributed by atoms with Crippen LogP contribution < -0.4 is 10.1 Å². The third kappa shape index (κ3) is 9.21. The lowest BCUT2D eigenvalue weighted by molar-refractivity contribution is 0.112. The largest absolute Gasteiger partial charge is 0.486 e. The lowest BCUT2D eigenvalue weighted by Crippen LogP contribution is -2.18. The normalized spacial score (nSPS) is 11.5. The van der Waals surface area contributed by atoms with Crippen LogP contribution in [0.3, 0.4) is 0 Å². The Morgan fingerprint density at radius 2 is 1.91 bits per heavy atom. The van der Waals surface area contributed by atoms with Crippen LogP contribution in [0.4, 0.5) is 0 Å². The number of hydrogen-bond acceptors (Lipinski definition) is 6. The van der Waals surface area contributed by atoms with E-state index in [9.17, 15) is 4.79 Å². The Morgan fingerprint density at radius 1 is 1.18 bits per heavy atom. The fourth-order valence-electron chi connectivity index (χ4n) is 3.42. The zero-order chi connectivity index (χ0) is 24.8. The minimum Gasteiger partial charge on any atom is -0.486 e. The average molecular weight is 483 g/mol. The van der Waals surface area contributed by atoms with Crippen molar-refractivity contribution < 1.29 is 9.53 Å². The second kappa shape index (κ2) is 15.2. The number of nitrogens with one attached hydrogen (secondary N) is 1. The summed E-state index contributed by atoms with van der Waals surface area (Å²) in [6, 6.07) is 16.3. The van der Waals surface area contributed by atoms with Gasteiger partial charge in [-0.15, -0.1) is 0 Å². The summed E-state index contributed by atoms with van der Waals surface area (Å²) >= 11 is 6.37. The molecule has 3 rings (SSSR count). The first-order chi connectivity index (χ1) is 16.5. The molecule has 0 aliphatic carbocycles. The van der Waals surface area contributed by atoms with Gasteiger partial charge in [-0.3, -0.25) is 4.79 Å². The Balaban J connectivity index is 0.000000379. The van der Waals surface area contributed by atoms with Crippen LogP contribution in [-0.4, -0.2) is 48.3 Å². The summed E-state index contributed by atoms with van der Waals surface area (Å²) in [4.78, 5) is 20.0. The Labute approximate surface area is 208 Å². The molecule has 7 heteroatoms. The van der Waals surface area contributed by atoms with E-state index in [4.69, 9.17) is 16.3 Å². The van der Waals surface area contributed by atoms with E-state index in [2.05, 4.69) is 58.4 Å². The Kier molecular flexibility index (Phi) is 12.2. The second-order valence-corrected chi connectivity index (χ2v) is 8.49.